The molecule has 1 saturated carbocycles. The zero-order valence-electron chi connectivity index (χ0n) is 12.4. The highest BCUT2D eigenvalue weighted by atomic mass is 19.1. The van der Waals surface area contributed by atoms with Crippen molar-refractivity contribution in [3.05, 3.63) is 71.0 Å². The second-order valence-corrected chi connectivity index (χ2v) is 5.60. The summed E-state index contributed by atoms with van der Waals surface area (Å²) in [5.74, 6) is -0.0847. The predicted octanol–water partition coefficient (Wildman–Crippen LogP) is 3.05. The highest BCUT2D eigenvalue weighted by Crippen LogP contribution is 2.40. The van der Waals surface area contributed by atoms with Gasteiger partial charge in [0.2, 0.25) is 0 Å². The van der Waals surface area contributed by atoms with Gasteiger partial charge >= 0.3 is 6.03 Å². The Morgan fingerprint density at radius 3 is 2.78 bits per heavy atom. The molecule has 0 aliphatic heterocycles. The van der Waals surface area contributed by atoms with Gasteiger partial charge in [-0.3, -0.25) is 0 Å². The lowest BCUT2D eigenvalue weighted by Gasteiger charge is -2.08. The van der Waals surface area contributed by atoms with Crippen LogP contribution in [0, 0.1) is 17.1 Å². The fraction of sp³-hybridized carbons (Fsp3) is 0.222. The maximum Gasteiger partial charge on any atom is 0.315 e. The average Bonchev–Trinajstić information content (AvgIpc) is 3.34. The molecule has 1 aliphatic rings. The van der Waals surface area contributed by atoms with Crippen molar-refractivity contribution in [2.75, 3.05) is 0 Å². The molecule has 0 saturated heterocycles. The van der Waals surface area contributed by atoms with Crippen LogP contribution < -0.4 is 10.6 Å². The summed E-state index contributed by atoms with van der Waals surface area (Å²) in [6.07, 6.45) is 0.912. The van der Waals surface area contributed by atoms with Crippen LogP contribution in [0.3, 0.4) is 0 Å². The minimum Gasteiger partial charge on any atom is -0.335 e. The molecule has 0 unspecified atom stereocenters. The molecular weight excluding hydrogens is 293 g/mol. The number of benzene rings is 2. The molecule has 0 spiro atoms. The fourth-order valence-electron chi connectivity index (χ4n) is 2.60. The zero-order chi connectivity index (χ0) is 16.2. The number of nitrogens with zero attached hydrogens (tertiary/aromatic N) is 1. The Morgan fingerprint density at radius 1 is 1.26 bits per heavy atom. The number of halogens is 1. The van der Waals surface area contributed by atoms with E-state index in [4.69, 9.17) is 5.26 Å². The molecule has 0 heterocycles. The van der Waals surface area contributed by atoms with Crippen molar-refractivity contribution in [3.8, 4) is 6.07 Å². The molecule has 5 heteroatoms. The number of hydrogen-bond acceptors (Lipinski definition) is 2. The third-order valence-corrected chi connectivity index (χ3v) is 3.95. The minimum atomic E-state index is -0.433. The van der Waals surface area contributed by atoms with E-state index in [2.05, 4.69) is 10.6 Å². The number of carbonyl (C=O) groups is 1. The molecule has 3 rings (SSSR count). The quantitative estimate of drug-likeness (QED) is 0.911. The van der Waals surface area contributed by atoms with Crippen molar-refractivity contribution >= 4 is 6.03 Å². The molecule has 23 heavy (non-hydrogen) atoms. The van der Waals surface area contributed by atoms with Gasteiger partial charge in [-0.15, -0.1) is 0 Å². The SMILES string of the molecule is N#Cc1ccc(F)c(CNC(=O)N[C@@H]2C[C@@H]2c2ccccc2)c1. The third-order valence-electron chi connectivity index (χ3n) is 3.95. The van der Waals surface area contributed by atoms with Crippen LogP contribution in [0.2, 0.25) is 0 Å². The first-order valence-electron chi connectivity index (χ1n) is 7.45. The minimum absolute atomic E-state index is 0.0515. The summed E-state index contributed by atoms with van der Waals surface area (Å²) >= 11 is 0. The first kappa shape index (κ1) is 15.0. The Morgan fingerprint density at radius 2 is 2.04 bits per heavy atom. The van der Waals surface area contributed by atoms with Crippen molar-refractivity contribution in [1.29, 1.82) is 5.26 Å². The van der Waals surface area contributed by atoms with Crippen LogP contribution in [-0.4, -0.2) is 12.1 Å². The molecule has 0 aromatic heterocycles. The first-order valence-corrected chi connectivity index (χ1v) is 7.45. The summed E-state index contributed by atoms with van der Waals surface area (Å²) in [4.78, 5) is 11.9. The lowest BCUT2D eigenvalue weighted by molar-refractivity contribution is 0.240. The third kappa shape index (κ3) is 3.67. The van der Waals surface area contributed by atoms with Gasteiger partial charge in [0, 0.05) is 24.1 Å². The molecule has 116 valence electrons. The van der Waals surface area contributed by atoms with Crippen LogP contribution in [0.15, 0.2) is 48.5 Å². The van der Waals surface area contributed by atoms with E-state index >= 15 is 0 Å². The van der Waals surface area contributed by atoms with Gasteiger partial charge in [-0.2, -0.15) is 5.26 Å². The van der Waals surface area contributed by atoms with Gasteiger partial charge in [0.1, 0.15) is 5.82 Å². The lowest BCUT2D eigenvalue weighted by Crippen LogP contribution is -2.37. The summed E-state index contributed by atoms with van der Waals surface area (Å²) in [5, 5.41) is 14.3. The van der Waals surface area contributed by atoms with Gasteiger partial charge < -0.3 is 10.6 Å². The molecule has 0 bridgehead atoms. The average molecular weight is 309 g/mol. The predicted molar refractivity (Wildman–Crippen MR) is 84.1 cm³/mol. The molecule has 4 nitrogen and oxygen atoms in total. The van der Waals surface area contributed by atoms with Gasteiger partial charge in [-0.25, -0.2) is 9.18 Å². The van der Waals surface area contributed by atoms with Crippen LogP contribution in [0.1, 0.15) is 29.0 Å². The van der Waals surface area contributed by atoms with E-state index in [-0.39, 0.29) is 18.6 Å². The number of carbonyl (C=O) groups excluding carboxylic acids is 1. The molecule has 2 aromatic carbocycles. The van der Waals surface area contributed by atoms with Crippen molar-refractivity contribution in [3.63, 3.8) is 0 Å². The number of amides is 2. The topological polar surface area (TPSA) is 64.9 Å². The van der Waals surface area contributed by atoms with Crippen molar-refractivity contribution in [2.45, 2.75) is 24.9 Å². The van der Waals surface area contributed by atoms with Gasteiger partial charge in [-0.05, 0) is 30.2 Å². The maximum absolute atomic E-state index is 13.6. The number of hydrogen-bond donors (Lipinski definition) is 2. The van der Waals surface area contributed by atoms with E-state index in [1.807, 2.05) is 36.4 Å². The van der Waals surface area contributed by atoms with E-state index < -0.39 is 5.82 Å². The van der Waals surface area contributed by atoms with E-state index in [9.17, 15) is 9.18 Å². The van der Waals surface area contributed by atoms with Gasteiger partial charge in [-0.1, -0.05) is 30.3 Å². The Kier molecular flexibility index (Phi) is 4.24. The molecular formula is C18H16FN3O. The summed E-state index contributed by atoms with van der Waals surface area (Å²) in [7, 11) is 0. The monoisotopic (exact) mass is 309 g/mol. The normalized spacial score (nSPS) is 18.8. The van der Waals surface area contributed by atoms with Crippen molar-refractivity contribution in [1.82, 2.24) is 10.6 Å². The fourth-order valence-corrected chi connectivity index (χ4v) is 2.60. The van der Waals surface area contributed by atoms with Crippen LogP contribution in [0.5, 0.6) is 0 Å². The smallest absolute Gasteiger partial charge is 0.315 e. The summed E-state index contributed by atoms with van der Waals surface area (Å²) in [5.41, 5.74) is 1.88. The van der Waals surface area contributed by atoms with Gasteiger partial charge in [0.05, 0.1) is 11.6 Å². The van der Waals surface area contributed by atoms with E-state index in [1.54, 1.807) is 0 Å². The van der Waals surface area contributed by atoms with E-state index in [0.717, 1.165) is 6.42 Å². The van der Waals surface area contributed by atoms with Crippen LogP contribution in [-0.2, 0) is 6.54 Å². The molecule has 0 radical (unpaired) electrons. The molecule has 1 aliphatic carbocycles. The van der Waals surface area contributed by atoms with Crippen molar-refractivity contribution < 1.29 is 9.18 Å². The largest absolute Gasteiger partial charge is 0.335 e. The standard InChI is InChI=1S/C18H16FN3O/c19-16-7-6-12(10-20)8-14(16)11-21-18(23)22-17-9-15(17)13-4-2-1-3-5-13/h1-8,15,17H,9,11H2,(H2,21,22,23)/t15-,17-/m1/s1. The number of nitrogens with one attached hydrogen (secondary N) is 2. The molecule has 2 N–H and O–H groups in total. The van der Waals surface area contributed by atoms with Crippen LogP contribution in [0.25, 0.3) is 0 Å². The van der Waals surface area contributed by atoms with E-state index in [1.165, 1.54) is 23.8 Å². The van der Waals surface area contributed by atoms with Crippen LogP contribution in [0.4, 0.5) is 9.18 Å². The molecule has 2 amide bonds. The zero-order valence-corrected chi connectivity index (χ0v) is 12.4. The Bertz CT molecular complexity index is 755. The number of nitriles is 1. The molecule has 2 atom stereocenters. The highest BCUT2D eigenvalue weighted by molar-refractivity contribution is 5.75. The lowest BCUT2D eigenvalue weighted by atomic mass is 10.1. The number of rotatable bonds is 4. The Hall–Kier alpha value is -2.87. The summed E-state index contributed by atoms with van der Waals surface area (Å²) < 4.78 is 13.6. The van der Waals surface area contributed by atoms with Gasteiger partial charge in [0.25, 0.3) is 0 Å². The summed E-state index contributed by atoms with van der Waals surface area (Å²) in [6.45, 7) is 0.0515. The maximum atomic E-state index is 13.6. The second-order valence-electron chi connectivity index (χ2n) is 5.60. The molecule has 1 fully saturated rings. The Balaban J connectivity index is 1.51. The summed E-state index contributed by atoms with van der Waals surface area (Å²) in [6, 6.07) is 15.9. The molecule has 2 aromatic rings. The second kappa shape index (κ2) is 6.49. The first-order chi connectivity index (χ1) is 11.2. The van der Waals surface area contributed by atoms with Gasteiger partial charge in [0.15, 0.2) is 0 Å². The Labute approximate surface area is 133 Å². The number of urea groups is 1. The van der Waals surface area contributed by atoms with E-state index in [0.29, 0.717) is 17.0 Å². The van der Waals surface area contributed by atoms with Crippen molar-refractivity contribution in [2.24, 2.45) is 0 Å². The van der Waals surface area contributed by atoms with Crippen LogP contribution >= 0.6 is 0 Å². The highest BCUT2D eigenvalue weighted by Gasteiger charge is 2.39.